The van der Waals surface area contributed by atoms with Gasteiger partial charge in [-0.1, -0.05) is 23.7 Å². The van der Waals surface area contributed by atoms with Crippen molar-refractivity contribution in [3.05, 3.63) is 29.3 Å². The van der Waals surface area contributed by atoms with Crippen LogP contribution in [-0.2, 0) is 9.59 Å². The van der Waals surface area contributed by atoms with Crippen LogP contribution in [0.2, 0.25) is 5.02 Å². The van der Waals surface area contributed by atoms with E-state index < -0.39 is 24.0 Å². The Morgan fingerprint density at radius 3 is 2.50 bits per heavy atom. The lowest BCUT2D eigenvalue weighted by atomic mass is 10.3. The number of ether oxygens (including phenoxy) is 1. The maximum Gasteiger partial charge on any atom is 0.325 e. The highest BCUT2D eigenvalue weighted by Crippen LogP contribution is 2.24. The molecule has 0 fully saturated rings. The Balaban J connectivity index is 2.60. The summed E-state index contributed by atoms with van der Waals surface area (Å²) in [6, 6.07) is 5.78. The second-order valence-electron chi connectivity index (χ2n) is 3.76. The van der Waals surface area contributed by atoms with E-state index in [0.29, 0.717) is 10.8 Å². The fourth-order valence-corrected chi connectivity index (χ4v) is 1.36. The van der Waals surface area contributed by atoms with Gasteiger partial charge in [-0.2, -0.15) is 0 Å². The third kappa shape index (κ3) is 3.92. The molecule has 0 aliphatic rings. The molecule has 0 spiro atoms. The van der Waals surface area contributed by atoms with Crippen LogP contribution in [0.15, 0.2) is 24.3 Å². The first kappa shape index (κ1) is 14.3. The van der Waals surface area contributed by atoms with E-state index in [1.165, 1.54) is 13.8 Å². The summed E-state index contributed by atoms with van der Waals surface area (Å²) in [5, 5.41) is 11.4. The summed E-state index contributed by atoms with van der Waals surface area (Å²) < 4.78 is 5.35. The van der Waals surface area contributed by atoms with Crippen molar-refractivity contribution in [1.29, 1.82) is 0 Å². The third-order valence-corrected chi connectivity index (χ3v) is 2.55. The molecule has 1 aromatic carbocycles. The fraction of sp³-hybridized carbons (Fsp3) is 0.333. The van der Waals surface area contributed by atoms with Gasteiger partial charge in [0.1, 0.15) is 11.8 Å². The highest BCUT2D eigenvalue weighted by atomic mass is 35.5. The Hall–Kier alpha value is -1.75. The van der Waals surface area contributed by atoms with Gasteiger partial charge in [0, 0.05) is 0 Å². The van der Waals surface area contributed by atoms with Crippen molar-refractivity contribution in [2.45, 2.75) is 26.0 Å². The van der Waals surface area contributed by atoms with Crippen LogP contribution in [0.25, 0.3) is 0 Å². The smallest absolute Gasteiger partial charge is 0.325 e. The number of nitrogens with one attached hydrogen (secondary N) is 1. The van der Waals surface area contributed by atoms with E-state index in [0.717, 1.165) is 0 Å². The van der Waals surface area contributed by atoms with Crippen LogP contribution in [0, 0.1) is 0 Å². The number of para-hydroxylation sites is 1. The number of rotatable bonds is 5. The molecule has 6 heteroatoms. The standard InChI is InChI=1S/C12H14ClNO4/c1-7(12(16)17)14-11(15)8(2)18-10-6-4-3-5-9(10)13/h3-8H,1-2H3,(H,14,15)(H,16,17). The predicted molar refractivity (Wildman–Crippen MR) is 66.8 cm³/mol. The van der Waals surface area contributed by atoms with Gasteiger partial charge in [-0.3, -0.25) is 9.59 Å². The number of halogens is 1. The highest BCUT2D eigenvalue weighted by Gasteiger charge is 2.20. The molecule has 2 atom stereocenters. The topological polar surface area (TPSA) is 75.6 Å². The van der Waals surface area contributed by atoms with E-state index in [4.69, 9.17) is 21.4 Å². The van der Waals surface area contributed by atoms with Crippen LogP contribution in [0.5, 0.6) is 5.75 Å². The largest absolute Gasteiger partial charge is 0.480 e. The van der Waals surface area contributed by atoms with E-state index >= 15 is 0 Å². The molecule has 0 aliphatic heterocycles. The van der Waals surface area contributed by atoms with Gasteiger partial charge in [0.15, 0.2) is 6.10 Å². The number of carbonyl (C=O) groups excluding carboxylic acids is 1. The summed E-state index contributed by atoms with van der Waals surface area (Å²) in [4.78, 5) is 22.2. The van der Waals surface area contributed by atoms with Crippen molar-refractivity contribution in [2.75, 3.05) is 0 Å². The molecule has 0 saturated carbocycles. The molecule has 18 heavy (non-hydrogen) atoms. The van der Waals surface area contributed by atoms with Crippen molar-refractivity contribution in [3.8, 4) is 5.75 Å². The van der Waals surface area contributed by atoms with Crippen LogP contribution in [0.3, 0.4) is 0 Å². The molecule has 2 N–H and O–H groups in total. The summed E-state index contributed by atoms with van der Waals surface area (Å²) in [5.41, 5.74) is 0. The molecule has 5 nitrogen and oxygen atoms in total. The van der Waals surface area contributed by atoms with Crippen LogP contribution in [-0.4, -0.2) is 29.1 Å². The van der Waals surface area contributed by atoms with Crippen molar-refractivity contribution < 1.29 is 19.4 Å². The minimum atomic E-state index is -1.10. The first-order valence-electron chi connectivity index (χ1n) is 5.36. The van der Waals surface area contributed by atoms with Gasteiger partial charge in [-0.05, 0) is 26.0 Å². The van der Waals surface area contributed by atoms with Crippen LogP contribution >= 0.6 is 11.6 Å². The lowest BCUT2D eigenvalue weighted by Crippen LogP contribution is -2.44. The van der Waals surface area contributed by atoms with Crippen molar-refractivity contribution >= 4 is 23.5 Å². The maximum atomic E-state index is 11.6. The number of carbonyl (C=O) groups is 2. The average Bonchev–Trinajstić information content (AvgIpc) is 2.31. The van der Waals surface area contributed by atoms with Crippen LogP contribution in [0.4, 0.5) is 0 Å². The summed E-state index contributed by atoms with van der Waals surface area (Å²) in [6.07, 6.45) is -0.827. The first-order chi connectivity index (χ1) is 8.41. The molecule has 0 aromatic heterocycles. The zero-order chi connectivity index (χ0) is 13.7. The normalized spacial score (nSPS) is 13.5. The average molecular weight is 272 g/mol. The van der Waals surface area contributed by atoms with Crippen LogP contribution in [0.1, 0.15) is 13.8 Å². The minimum absolute atomic E-state index is 0.379. The van der Waals surface area contributed by atoms with Crippen LogP contribution < -0.4 is 10.1 Å². The molecular formula is C12H14ClNO4. The molecule has 1 amide bonds. The molecule has 1 aromatic rings. The maximum absolute atomic E-state index is 11.6. The lowest BCUT2D eigenvalue weighted by Gasteiger charge is -2.17. The van der Waals surface area contributed by atoms with Crippen molar-refractivity contribution in [1.82, 2.24) is 5.32 Å². The van der Waals surface area contributed by atoms with E-state index in [1.807, 2.05) is 0 Å². The molecule has 98 valence electrons. The lowest BCUT2D eigenvalue weighted by molar-refractivity contribution is -0.142. The first-order valence-corrected chi connectivity index (χ1v) is 5.74. The third-order valence-electron chi connectivity index (χ3n) is 2.24. The Morgan fingerprint density at radius 1 is 1.33 bits per heavy atom. The monoisotopic (exact) mass is 271 g/mol. The Bertz CT molecular complexity index is 449. The van der Waals surface area contributed by atoms with Gasteiger partial charge in [0.25, 0.3) is 5.91 Å². The molecule has 0 saturated heterocycles. The number of carboxylic acid groups (broad SMARTS) is 1. The van der Waals surface area contributed by atoms with Gasteiger partial charge < -0.3 is 15.2 Å². The Morgan fingerprint density at radius 2 is 1.94 bits per heavy atom. The molecule has 1 rings (SSSR count). The number of benzene rings is 1. The van der Waals surface area contributed by atoms with Gasteiger partial charge in [-0.15, -0.1) is 0 Å². The molecule has 0 heterocycles. The predicted octanol–water partition coefficient (Wildman–Crippen LogP) is 1.70. The van der Waals surface area contributed by atoms with Gasteiger partial charge >= 0.3 is 5.97 Å². The molecule has 2 unspecified atom stereocenters. The zero-order valence-corrected chi connectivity index (χ0v) is 10.8. The fourth-order valence-electron chi connectivity index (χ4n) is 1.18. The van der Waals surface area contributed by atoms with E-state index in [1.54, 1.807) is 24.3 Å². The summed E-state index contributed by atoms with van der Waals surface area (Å²) in [5.74, 6) is -1.23. The number of amides is 1. The number of carboxylic acids is 1. The van der Waals surface area contributed by atoms with E-state index in [2.05, 4.69) is 5.32 Å². The van der Waals surface area contributed by atoms with E-state index in [-0.39, 0.29) is 0 Å². The summed E-state index contributed by atoms with van der Waals surface area (Å²) in [6.45, 7) is 2.90. The van der Waals surface area contributed by atoms with E-state index in [9.17, 15) is 9.59 Å². The van der Waals surface area contributed by atoms with Crippen molar-refractivity contribution in [2.24, 2.45) is 0 Å². The SMILES string of the molecule is CC(NC(=O)C(C)Oc1ccccc1Cl)C(=O)O. The number of hydrogen-bond acceptors (Lipinski definition) is 3. The molecule has 0 aliphatic carbocycles. The molecule has 0 radical (unpaired) electrons. The highest BCUT2D eigenvalue weighted by molar-refractivity contribution is 6.32. The molecule has 0 bridgehead atoms. The number of hydrogen-bond donors (Lipinski definition) is 2. The Kier molecular flexibility index (Phi) is 4.97. The second-order valence-corrected chi connectivity index (χ2v) is 4.17. The van der Waals surface area contributed by atoms with Gasteiger partial charge in [-0.25, -0.2) is 0 Å². The minimum Gasteiger partial charge on any atom is -0.480 e. The quantitative estimate of drug-likeness (QED) is 0.855. The zero-order valence-electron chi connectivity index (χ0n) is 10.0. The summed E-state index contributed by atoms with van der Waals surface area (Å²) in [7, 11) is 0. The van der Waals surface area contributed by atoms with Crippen molar-refractivity contribution in [3.63, 3.8) is 0 Å². The van der Waals surface area contributed by atoms with Gasteiger partial charge in [0.2, 0.25) is 0 Å². The van der Waals surface area contributed by atoms with Gasteiger partial charge in [0.05, 0.1) is 5.02 Å². The second kappa shape index (κ2) is 6.26. The molecular weight excluding hydrogens is 258 g/mol. The Labute approximate surface area is 110 Å². The number of aliphatic carboxylic acids is 1. The summed E-state index contributed by atoms with van der Waals surface area (Å²) >= 11 is 5.88.